The summed E-state index contributed by atoms with van der Waals surface area (Å²) in [5.74, 6) is 0.116. The van der Waals surface area contributed by atoms with Crippen LogP contribution in [0.3, 0.4) is 0 Å². The molecule has 1 aliphatic heterocycles. The second-order valence-electron chi connectivity index (χ2n) is 7.51. The molecule has 4 heterocycles. The molecule has 0 amide bonds. The standard InChI is InChI=1S/C21H22N6O/c22-11-15-1-3-16(4-2-15)20-21-19(13-25-26(21)8-7-23-20)17-12-24-27(14-17)18-5-9-28-10-6-18/h3,7-8,12-15,18H,1-2,4-6,9-10H2. The van der Waals surface area contributed by atoms with E-state index in [0.717, 1.165) is 67.7 Å². The van der Waals surface area contributed by atoms with Crippen LogP contribution in [0.5, 0.6) is 0 Å². The van der Waals surface area contributed by atoms with Gasteiger partial charge in [0.15, 0.2) is 0 Å². The molecule has 1 unspecified atom stereocenters. The van der Waals surface area contributed by atoms with Gasteiger partial charge in [-0.2, -0.15) is 15.5 Å². The van der Waals surface area contributed by atoms with Gasteiger partial charge in [0.25, 0.3) is 0 Å². The fourth-order valence-electron chi connectivity index (χ4n) is 4.18. The second kappa shape index (κ2) is 7.21. The monoisotopic (exact) mass is 374 g/mol. The van der Waals surface area contributed by atoms with Gasteiger partial charge in [-0.1, -0.05) is 6.08 Å². The Morgan fingerprint density at radius 1 is 1.14 bits per heavy atom. The average Bonchev–Trinajstić information content (AvgIpc) is 3.41. The lowest BCUT2D eigenvalue weighted by molar-refractivity contribution is 0.0662. The molecule has 7 nitrogen and oxygen atoms in total. The summed E-state index contributed by atoms with van der Waals surface area (Å²) >= 11 is 0. The van der Waals surface area contributed by atoms with Crippen molar-refractivity contribution in [3.05, 3.63) is 42.8 Å². The van der Waals surface area contributed by atoms with Crippen molar-refractivity contribution in [1.82, 2.24) is 24.4 Å². The summed E-state index contributed by atoms with van der Waals surface area (Å²) in [5, 5.41) is 18.3. The summed E-state index contributed by atoms with van der Waals surface area (Å²) in [4.78, 5) is 4.68. The number of hydrogen-bond acceptors (Lipinski definition) is 5. The molecule has 3 aromatic heterocycles. The van der Waals surface area contributed by atoms with Crippen LogP contribution in [0.2, 0.25) is 0 Å². The Bertz CT molecular complexity index is 1070. The number of aromatic nitrogens is 5. The van der Waals surface area contributed by atoms with E-state index in [1.165, 1.54) is 5.57 Å². The van der Waals surface area contributed by atoms with E-state index in [1.54, 1.807) is 6.20 Å². The molecule has 0 bridgehead atoms. The van der Waals surface area contributed by atoms with E-state index < -0.39 is 0 Å². The number of hydrogen-bond donors (Lipinski definition) is 0. The van der Waals surface area contributed by atoms with Gasteiger partial charge in [-0.3, -0.25) is 9.67 Å². The van der Waals surface area contributed by atoms with E-state index in [-0.39, 0.29) is 5.92 Å². The highest BCUT2D eigenvalue weighted by Crippen LogP contribution is 2.35. The molecule has 0 saturated carbocycles. The van der Waals surface area contributed by atoms with Gasteiger partial charge in [-0.25, -0.2) is 4.52 Å². The van der Waals surface area contributed by atoms with E-state index in [1.807, 2.05) is 23.1 Å². The highest BCUT2D eigenvalue weighted by Gasteiger charge is 2.22. The van der Waals surface area contributed by atoms with Crippen LogP contribution in [-0.4, -0.2) is 37.6 Å². The second-order valence-corrected chi connectivity index (χ2v) is 7.51. The van der Waals surface area contributed by atoms with E-state index in [9.17, 15) is 0 Å². The van der Waals surface area contributed by atoms with Gasteiger partial charge in [-0.15, -0.1) is 0 Å². The summed E-state index contributed by atoms with van der Waals surface area (Å²) in [5.41, 5.74) is 5.28. The van der Waals surface area contributed by atoms with Crippen LogP contribution in [0.25, 0.3) is 22.2 Å². The lowest BCUT2D eigenvalue weighted by Crippen LogP contribution is -2.19. The van der Waals surface area contributed by atoms with E-state index >= 15 is 0 Å². The fraction of sp³-hybridized carbons (Fsp3) is 0.429. The first-order valence-electron chi connectivity index (χ1n) is 9.87. The first kappa shape index (κ1) is 17.1. The molecular weight excluding hydrogens is 352 g/mol. The Hall–Kier alpha value is -2.98. The predicted molar refractivity (Wildman–Crippen MR) is 104 cm³/mol. The van der Waals surface area contributed by atoms with E-state index in [4.69, 9.17) is 10.00 Å². The first-order chi connectivity index (χ1) is 13.8. The zero-order valence-corrected chi connectivity index (χ0v) is 15.7. The molecule has 1 atom stereocenters. The van der Waals surface area contributed by atoms with Crippen LogP contribution in [0, 0.1) is 17.2 Å². The zero-order valence-electron chi connectivity index (χ0n) is 15.7. The molecule has 0 aromatic carbocycles. The van der Waals surface area contributed by atoms with Crippen LogP contribution in [0.1, 0.15) is 43.8 Å². The number of fused-ring (bicyclic) bond motifs is 1. The number of ether oxygens (including phenoxy) is 1. The van der Waals surface area contributed by atoms with Crippen molar-refractivity contribution in [2.24, 2.45) is 5.92 Å². The van der Waals surface area contributed by atoms with Crippen LogP contribution < -0.4 is 0 Å². The molecule has 28 heavy (non-hydrogen) atoms. The van der Waals surface area contributed by atoms with Crippen LogP contribution in [0.4, 0.5) is 0 Å². The van der Waals surface area contributed by atoms with Gasteiger partial charge >= 0.3 is 0 Å². The largest absolute Gasteiger partial charge is 0.381 e. The molecular formula is C21H22N6O. The van der Waals surface area contributed by atoms with Gasteiger partial charge in [0.2, 0.25) is 0 Å². The highest BCUT2D eigenvalue weighted by molar-refractivity contribution is 5.88. The minimum atomic E-state index is 0.116. The van der Waals surface area contributed by atoms with Crippen molar-refractivity contribution in [2.45, 2.75) is 38.1 Å². The lowest BCUT2D eigenvalue weighted by atomic mass is 9.88. The van der Waals surface area contributed by atoms with Gasteiger partial charge in [0.1, 0.15) is 5.52 Å². The molecule has 0 spiro atoms. The first-order valence-corrected chi connectivity index (χ1v) is 9.87. The summed E-state index contributed by atoms with van der Waals surface area (Å²) in [6, 6.07) is 2.77. The normalized spacial score (nSPS) is 20.8. The molecule has 142 valence electrons. The molecule has 7 heteroatoms. The van der Waals surface area contributed by atoms with Crippen LogP contribution in [-0.2, 0) is 4.74 Å². The molecule has 0 N–H and O–H groups in total. The minimum absolute atomic E-state index is 0.116. The minimum Gasteiger partial charge on any atom is -0.381 e. The molecule has 2 aliphatic rings. The van der Waals surface area contributed by atoms with Gasteiger partial charge in [-0.05, 0) is 37.7 Å². The van der Waals surface area contributed by atoms with Gasteiger partial charge < -0.3 is 4.74 Å². The number of nitriles is 1. The van der Waals surface area contributed by atoms with Crippen molar-refractivity contribution in [3.8, 4) is 17.2 Å². The topological polar surface area (TPSA) is 81.0 Å². The summed E-state index contributed by atoms with van der Waals surface area (Å²) < 4.78 is 9.42. The number of nitrogens with zero attached hydrogens (tertiary/aromatic N) is 6. The van der Waals surface area contributed by atoms with Crippen molar-refractivity contribution in [2.75, 3.05) is 13.2 Å². The number of allylic oxidation sites excluding steroid dienone is 2. The van der Waals surface area contributed by atoms with E-state index in [0.29, 0.717) is 6.04 Å². The van der Waals surface area contributed by atoms with Gasteiger partial charge in [0, 0.05) is 42.9 Å². The van der Waals surface area contributed by atoms with Crippen molar-refractivity contribution in [3.63, 3.8) is 0 Å². The third-order valence-corrected chi connectivity index (χ3v) is 5.81. The molecule has 0 radical (unpaired) electrons. The third-order valence-electron chi connectivity index (χ3n) is 5.81. The summed E-state index contributed by atoms with van der Waals surface area (Å²) in [6.07, 6.45) is 16.3. The maximum atomic E-state index is 9.16. The Morgan fingerprint density at radius 2 is 2.04 bits per heavy atom. The predicted octanol–water partition coefficient (Wildman–Crippen LogP) is 3.65. The van der Waals surface area contributed by atoms with Crippen molar-refractivity contribution >= 4 is 11.1 Å². The summed E-state index contributed by atoms with van der Waals surface area (Å²) in [7, 11) is 0. The maximum absolute atomic E-state index is 9.16. The SMILES string of the molecule is N#CC1CC=C(c2nccn3ncc(-c4cnn(C5CCOCC5)c4)c23)CC1. The zero-order chi connectivity index (χ0) is 18.9. The highest BCUT2D eigenvalue weighted by atomic mass is 16.5. The van der Waals surface area contributed by atoms with Crippen molar-refractivity contribution < 1.29 is 4.74 Å². The van der Waals surface area contributed by atoms with Crippen molar-refractivity contribution in [1.29, 1.82) is 5.26 Å². The Kier molecular flexibility index (Phi) is 4.41. The lowest BCUT2D eigenvalue weighted by Gasteiger charge is -2.22. The van der Waals surface area contributed by atoms with E-state index in [2.05, 4.69) is 38.2 Å². The quantitative estimate of drug-likeness (QED) is 0.699. The molecule has 5 rings (SSSR count). The Balaban J connectivity index is 1.54. The number of rotatable bonds is 3. The van der Waals surface area contributed by atoms with Crippen LogP contribution >= 0.6 is 0 Å². The molecule has 3 aromatic rings. The Labute approximate surface area is 163 Å². The molecule has 1 aliphatic carbocycles. The maximum Gasteiger partial charge on any atom is 0.100 e. The fourth-order valence-corrected chi connectivity index (χ4v) is 4.18. The smallest absolute Gasteiger partial charge is 0.100 e. The van der Waals surface area contributed by atoms with Gasteiger partial charge in [0.05, 0.1) is 36.1 Å². The average molecular weight is 374 g/mol. The summed E-state index contributed by atoms with van der Waals surface area (Å²) in [6.45, 7) is 1.59. The third kappa shape index (κ3) is 3.00. The molecule has 1 fully saturated rings. The molecule has 1 saturated heterocycles. The van der Waals surface area contributed by atoms with Crippen LogP contribution in [0.15, 0.2) is 37.1 Å². The Morgan fingerprint density at radius 3 is 2.82 bits per heavy atom.